The van der Waals surface area contributed by atoms with E-state index in [0.717, 1.165) is 69.5 Å². The van der Waals surface area contributed by atoms with Gasteiger partial charge >= 0.3 is 0 Å². The molecule has 2 fully saturated rings. The molecule has 0 atom stereocenters. The molecular weight excluding hydrogens is 444 g/mol. The molecule has 5 rings (SSSR count). The highest BCUT2D eigenvalue weighted by atomic mass is 16.5. The Bertz CT molecular complexity index is 1220. The Balaban J connectivity index is 1.46. The molecule has 1 aliphatic heterocycles. The number of nitrogens with zero attached hydrogens (tertiary/aromatic N) is 4. The van der Waals surface area contributed by atoms with Crippen LogP contribution < -0.4 is 16.2 Å². The van der Waals surface area contributed by atoms with Crippen molar-refractivity contribution in [1.29, 1.82) is 0 Å². The van der Waals surface area contributed by atoms with Gasteiger partial charge in [-0.1, -0.05) is 0 Å². The number of aromatic nitrogens is 3. The topological polar surface area (TPSA) is 105 Å². The molecule has 0 bridgehead atoms. The first kappa shape index (κ1) is 23.7. The van der Waals surface area contributed by atoms with Crippen LogP contribution in [-0.2, 0) is 11.3 Å². The third kappa shape index (κ3) is 5.80. The number of pyridine rings is 3. The molecular formula is C26H34N6O3. The molecule has 0 aromatic carbocycles. The van der Waals surface area contributed by atoms with Gasteiger partial charge in [-0.15, -0.1) is 0 Å². The zero-order valence-electron chi connectivity index (χ0n) is 20.2. The van der Waals surface area contributed by atoms with Crippen LogP contribution in [0.1, 0.15) is 31.2 Å². The van der Waals surface area contributed by atoms with Crippen molar-refractivity contribution in [3.63, 3.8) is 0 Å². The van der Waals surface area contributed by atoms with Gasteiger partial charge in [0.15, 0.2) is 0 Å². The van der Waals surface area contributed by atoms with Crippen LogP contribution in [0.25, 0.3) is 10.8 Å². The van der Waals surface area contributed by atoms with Crippen molar-refractivity contribution in [2.45, 2.75) is 51.3 Å². The molecule has 1 saturated carbocycles. The second kappa shape index (κ2) is 10.7. The van der Waals surface area contributed by atoms with Gasteiger partial charge in [-0.2, -0.15) is 0 Å². The fourth-order valence-corrected chi connectivity index (χ4v) is 4.87. The fraction of sp³-hybridized carbons (Fsp3) is 0.500. The number of morpholine rings is 1. The monoisotopic (exact) mass is 478 g/mol. The largest absolute Gasteiger partial charge is 0.393 e. The van der Waals surface area contributed by atoms with Crippen molar-refractivity contribution in [3.8, 4) is 0 Å². The third-order valence-electron chi connectivity index (χ3n) is 6.93. The second-order valence-electron chi connectivity index (χ2n) is 9.58. The van der Waals surface area contributed by atoms with Crippen molar-refractivity contribution < 1.29 is 9.84 Å². The number of hydrogen-bond acceptors (Lipinski definition) is 8. The smallest absolute Gasteiger partial charge is 0.262 e. The molecule has 0 radical (unpaired) electrons. The Morgan fingerprint density at radius 2 is 1.89 bits per heavy atom. The SMILES string of the molecule is Cc1ccnc(Nc2cc3ccn(CCN4CCOCC4)c(=O)c3c(N[C@H]3CC[C@@H](O)CC3)n2)c1. The minimum atomic E-state index is -0.240. The van der Waals surface area contributed by atoms with E-state index in [2.05, 4.69) is 20.5 Å². The third-order valence-corrected chi connectivity index (χ3v) is 6.93. The first-order chi connectivity index (χ1) is 17.0. The molecule has 4 heterocycles. The Kier molecular flexibility index (Phi) is 7.26. The second-order valence-corrected chi connectivity index (χ2v) is 9.58. The summed E-state index contributed by atoms with van der Waals surface area (Å²) in [5, 5.41) is 18.2. The maximum atomic E-state index is 13.6. The minimum absolute atomic E-state index is 0.0400. The molecule has 0 amide bonds. The van der Waals surface area contributed by atoms with Crippen molar-refractivity contribution in [1.82, 2.24) is 19.4 Å². The highest BCUT2D eigenvalue weighted by molar-refractivity contribution is 5.93. The van der Waals surface area contributed by atoms with Gasteiger partial charge in [0.05, 0.1) is 24.7 Å². The number of hydrogen-bond donors (Lipinski definition) is 3. The molecule has 0 spiro atoms. The van der Waals surface area contributed by atoms with Crippen LogP contribution in [0.4, 0.5) is 17.5 Å². The minimum Gasteiger partial charge on any atom is -0.393 e. The lowest BCUT2D eigenvalue weighted by Crippen LogP contribution is -2.39. The molecule has 9 nitrogen and oxygen atoms in total. The highest BCUT2D eigenvalue weighted by Crippen LogP contribution is 2.27. The van der Waals surface area contributed by atoms with Crippen molar-refractivity contribution in [3.05, 3.63) is 52.6 Å². The van der Waals surface area contributed by atoms with Crippen LogP contribution >= 0.6 is 0 Å². The van der Waals surface area contributed by atoms with Crippen LogP contribution in [0.3, 0.4) is 0 Å². The van der Waals surface area contributed by atoms with Crippen LogP contribution in [0.2, 0.25) is 0 Å². The maximum absolute atomic E-state index is 13.6. The summed E-state index contributed by atoms with van der Waals surface area (Å²) in [6.45, 7) is 6.72. The van der Waals surface area contributed by atoms with E-state index < -0.39 is 0 Å². The van der Waals surface area contributed by atoms with E-state index in [-0.39, 0.29) is 17.7 Å². The predicted molar refractivity (Wildman–Crippen MR) is 137 cm³/mol. The molecule has 35 heavy (non-hydrogen) atoms. The molecule has 3 aromatic heterocycles. The van der Waals surface area contributed by atoms with Crippen LogP contribution in [0.5, 0.6) is 0 Å². The van der Waals surface area contributed by atoms with Crippen molar-refractivity contribution >= 4 is 28.2 Å². The first-order valence-corrected chi connectivity index (χ1v) is 12.5. The van der Waals surface area contributed by atoms with Gasteiger partial charge in [0, 0.05) is 44.6 Å². The quantitative estimate of drug-likeness (QED) is 0.476. The fourth-order valence-electron chi connectivity index (χ4n) is 4.87. The summed E-state index contributed by atoms with van der Waals surface area (Å²) in [6, 6.07) is 7.97. The number of nitrogens with one attached hydrogen (secondary N) is 2. The maximum Gasteiger partial charge on any atom is 0.262 e. The Labute approximate surface area is 205 Å². The van der Waals surface area contributed by atoms with Gasteiger partial charge in [-0.3, -0.25) is 9.69 Å². The number of fused-ring (bicyclic) bond motifs is 1. The van der Waals surface area contributed by atoms with E-state index in [1.807, 2.05) is 37.4 Å². The molecule has 9 heteroatoms. The van der Waals surface area contributed by atoms with E-state index in [1.54, 1.807) is 10.8 Å². The van der Waals surface area contributed by atoms with Gasteiger partial charge in [0.25, 0.3) is 5.56 Å². The van der Waals surface area contributed by atoms with Gasteiger partial charge in [0.1, 0.15) is 17.5 Å². The van der Waals surface area contributed by atoms with Crippen molar-refractivity contribution in [2.75, 3.05) is 43.5 Å². The summed E-state index contributed by atoms with van der Waals surface area (Å²) >= 11 is 0. The summed E-state index contributed by atoms with van der Waals surface area (Å²) < 4.78 is 7.22. The van der Waals surface area contributed by atoms with Crippen LogP contribution in [-0.4, -0.2) is 69.5 Å². The zero-order valence-corrected chi connectivity index (χ0v) is 20.2. The highest BCUT2D eigenvalue weighted by Gasteiger charge is 2.22. The summed E-state index contributed by atoms with van der Waals surface area (Å²) in [5.74, 6) is 1.94. The van der Waals surface area contributed by atoms with Gasteiger partial charge < -0.3 is 25.0 Å². The zero-order chi connectivity index (χ0) is 24.2. The number of rotatable bonds is 7. The summed E-state index contributed by atoms with van der Waals surface area (Å²) in [7, 11) is 0. The lowest BCUT2D eigenvalue weighted by Gasteiger charge is -2.27. The predicted octanol–water partition coefficient (Wildman–Crippen LogP) is 2.89. The van der Waals surface area contributed by atoms with E-state index in [0.29, 0.717) is 29.4 Å². The van der Waals surface area contributed by atoms with Gasteiger partial charge in [0.2, 0.25) is 0 Å². The molecule has 2 aliphatic rings. The number of aliphatic hydroxyl groups excluding tert-OH is 1. The van der Waals surface area contributed by atoms with E-state index in [9.17, 15) is 9.90 Å². The van der Waals surface area contributed by atoms with Crippen molar-refractivity contribution in [2.24, 2.45) is 0 Å². The Morgan fingerprint density at radius 1 is 1.09 bits per heavy atom. The molecule has 3 aromatic rings. The van der Waals surface area contributed by atoms with E-state index in [4.69, 9.17) is 9.72 Å². The molecule has 1 saturated heterocycles. The van der Waals surface area contributed by atoms with E-state index >= 15 is 0 Å². The average molecular weight is 479 g/mol. The summed E-state index contributed by atoms with van der Waals surface area (Å²) in [6.07, 6.45) is 6.60. The number of anilines is 3. The standard InChI is InChI=1S/C26H34N6O3/c1-18-6-8-27-22(16-18)29-23-17-19-7-9-32(11-10-31-12-14-35-15-13-31)26(34)24(19)25(30-23)28-20-2-4-21(33)5-3-20/h6-9,16-17,20-21,33H,2-5,10-15H2,1H3,(H2,27,28,29,30)/t20-,21+. The molecule has 186 valence electrons. The Morgan fingerprint density at radius 3 is 2.66 bits per heavy atom. The average Bonchev–Trinajstić information content (AvgIpc) is 2.85. The molecule has 0 unspecified atom stereocenters. The number of aliphatic hydroxyl groups is 1. The van der Waals surface area contributed by atoms with Crippen LogP contribution in [0.15, 0.2) is 41.5 Å². The lowest BCUT2D eigenvalue weighted by atomic mass is 9.93. The lowest BCUT2D eigenvalue weighted by molar-refractivity contribution is 0.0363. The van der Waals surface area contributed by atoms with Gasteiger partial charge in [-0.25, -0.2) is 9.97 Å². The molecule has 3 N–H and O–H groups in total. The summed E-state index contributed by atoms with van der Waals surface area (Å²) in [4.78, 5) is 25.1. The van der Waals surface area contributed by atoms with E-state index in [1.165, 1.54) is 0 Å². The number of ether oxygens (including phenoxy) is 1. The number of aryl methyl sites for hydroxylation is 1. The molecule has 1 aliphatic carbocycles. The van der Waals surface area contributed by atoms with Gasteiger partial charge in [-0.05, 0) is 67.8 Å². The Hall–Kier alpha value is -3.01. The first-order valence-electron chi connectivity index (χ1n) is 12.5. The summed E-state index contributed by atoms with van der Waals surface area (Å²) in [5.41, 5.74) is 1.06. The normalized spacial score (nSPS) is 21.2. The van der Waals surface area contributed by atoms with Crippen LogP contribution in [0, 0.1) is 6.92 Å².